The van der Waals surface area contributed by atoms with Crippen LogP contribution in [-0.2, 0) is 0 Å². The molecule has 0 saturated heterocycles. The summed E-state index contributed by atoms with van der Waals surface area (Å²) in [6.07, 6.45) is 1.56. The van der Waals surface area contributed by atoms with Gasteiger partial charge in [-0.15, -0.1) is 11.3 Å². The molecule has 2 aromatic rings. The van der Waals surface area contributed by atoms with E-state index in [0.717, 1.165) is 16.0 Å². The highest BCUT2D eigenvalue weighted by Crippen LogP contribution is 2.30. The Morgan fingerprint density at radius 1 is 1.44 bits per heavy atom. The summed E-state index contributed by atoms with van der Waals surface area (Å²) in [6, 6.07) is 1.98. The fraction of sp³-hybridized carbons (Fsp3) is 0.455. The lowest BCUT2D eigenvalue weighted by atomic mass is 10.1. The average Bonchev–Trinajstić information content (AvgIpc) is 2.75. The van der Waals surface area contributed by atoms with Gasteiger partial charge in [0.1, 0.15) is 12.1 Å². The zero-order chi connectivity index (χ0) is 11.8. The standard InChI is InChI=1S/C11H15N3OS/c1-11(2,6-15)14(3)10-9-8(4-5-16-9)12-7-13-10/h4-5,7,15H,6H2,1-3H3. The van der Waals surface area contributed by atoms with Gasteiger partial charge in [0.25, 0.3) is 0 Å². The molecule has 0 spiro atoms. The number of thiophene rings is 1. The van der Waals surface area contributed by atoms with Gasteiger partial charge in [-0.1, -0.05) is 0 Å². The van der Waals surface area contributed by atoms with Gasteiger partial charge in [-0.2, -0.15) is 0 Å². The average molecular weight is 237 g/mol. The van der Waals surface area contributed by atoms with E-state index in [4.69, 9.17) is 0 Å². The van der Waals surface area contributed by atoms with Crippen molar-refractivity contribution in [1.29, 1.82) is 0 Å². The van der Waals surface area contributed by atoms with E-state index in [1.165, 1.54) is 0 Å². The van der Waals surface area contributed by atoms with Crippen LogP contribution in [0.1, 0.15) is 13.8 Å². The molecule has 0 aliphatic heterocycles. The number of rotatable bonds is 3. The van der Waals surface area contributed by atoms with Crippen molar-refractivity contribution >= 4 is 27.4 Å². The predicted molar refractivity (Wildman–Crippen MR) is 67.0 cm³/mol. The van der Waals surface area contributed by atoms with Crippen LogP contribution in [-0.4, -0.2) is 34.3 Å². The number of aromatic nitrogens is 2. The minimum atomic E-state index is -0.328. The molecule has 0 unspecified atom stereocenters. The second kappa shape index (κ2) is 3.99. The molecule has 0 radical (unpaired) electrons. The molecule has 0 atom stereocenters. The van der Waals surface area contributed by atoms with Crippen LogP contribution in [0.25, 0.3) is 10.2 Å². The number of hydrogen-bond donors (Lipinski definition) is 1. The molecule has 0 bridgehead atoms. The maximum absolute atomic E-state index is 9.37. The van der Waals surface area contributed by atoms with Gasteiger partial charge >= 0.3 is 0 Å². The summed E-state index contributed by atoms with van der Waals surface area (Å²) in [6.45, 7) is 4.05. The van der Waals surface area contributed by atoms with Crippen LogP contribution in [0, 0.1) is 0 Å². The predicted octanol–water partition coefficient (Wildman–Crippen LogP) is 1.90. The first kappa shape index (κ1) is 11.3. The monoisotopic (exact) mass is 237 g/mol. The molecule has 0 amide bonds. The molecule has 16 heavy (non-hydrogen) atoms. The highest BCUT2D eigenvalue weighted by atomic mass is 32.1. The summed E-state index contributed by atoms with van der Waals surface area (Å²) in [5.74, 6) is 0.874. The van der Waals surface area contributed by atoms with Crippen LogP contribution in [0.4, 0.5) is 5.82 Å². The Morgan fingerprint density at radius 2 is 2.19 bits per heavy atom. The molecule has 0 fully saturated rings. The lowest BCUT2D eigenvalue weighted by molar-refractivity contribution is 0.216. The maximum Gasteiger partial charge on any atom is 0.150 e. The van der Waals surface area contributed by atoms with E-state index in [1.807, 2.05) is 37.2 Å². The molecule has 5 heteroatoms. The smallest absolute Gasteiger partial charge is 0.150 e. The third kappa shape index (κ3) is 1.76. The van der Waals surface area contributed by atoms with Crippen molar-refractivity contribution in [3.63, 3.8) is 0 Å². The first-order chi connectivity index (χ1) is 7.56. The summed E-state index contributed by atoms with van der Waals surface area (Å²) in [5.41, 5.74) is 0.626. The molecule has 2 rings (SSSR count). The van der Waals surface area contributed by atoms with Crippen molar-refractivity contribution in [1.82, 2.24) is 9.97 Å². The highest BCUT2D eigenvalue weighted by Gasteiger charge is 2.25. The first-order valence-corrected chi connectivity index (χ1v) is 5.97. The minimum Gasteiger partial charge on any atom is -0.394 e. The maximum atomic E-state index is 9.37. The molecular weight excluding hydrogens is 222 g/mol. The zero-order valence-electron chi connectivity index (χ0n) is 9.64. The van der Waals surface area contributed by atoms with Gasteiger partial charge in [0.15, 0.2) is 0 Å². The topological polar surface area (TPSA) is 49.2 Å². The van der Waals surface area contributed by atoms with E-state index in [-0.39, 0.29) is 12.1 Å². The second-order valence-corrected chi connectivity index (χ2v) is 5.28. The van der Waals surface area contributed by atoms with Gasteiger partial charge in [-0.3, -0.25) is 0 Å². The van der Waals surface area contributed by atoms with Gasteiger partial charge in [0.2, 0.25) is 0 Å². The number of nitrogens with zero attached hydrogens (tertiary/aromatic N) is 3. The van der Waals surface area contributed by atoms with Crippen LogP contribution in [0.3, 0.4) is 0 Å². The zero-order valence-corrected chi connectivity index (χ0v) is 10.5. The Morgan fingerprint density at radius 3 is 2.88 bits per heavy atom. The molecule has 0 aliphatic carbocycles. The van der Waals surface area contributed by atoms with Crippen molar-refractivity contribution in [2.45, 2.75) is 19.4 Å². The fourth-order valence-electron chi connectivity index (χ4n) is 1.41. The normalized spacial score (nSPS) is 12.0. The fourth-order valence-corrected chi connectivity index (χ4v) is 2.28. The second-order valence-electron chi connectivity index (χ2n) is 4.36. The molecular formula is C11H15N3OS. The summed E-state index contributed by atoms with van der Waals surface area (Å²) in [4.78, 5) is 10.5. The molecule has 1 N–H and O–H groups in total. The quantitative estimate of drug-likeness (QED) is 0.885. The molecule has 86 valence electrons. The highest BCUT2D eigenvalue weighted by molar-refractivity contribution is 7.17. The van der Waals surface area contributed by atoms with Crippen LogP contribution >= 0.6 is 11.3 Å². The number of anilines is 1. The van der Waals surface area contributed by atoms with Gasteiger partial charge in [-0.25, -0.2) is 9.97 Å². The van der Waals surface area contributed by atoms with E-state index in [1.54, 1.807) is 17.7 Å². The van der Waals surface area contributed by atoms with E-state index in [9.17, 15) is 5.11 Å². The van der Waals surface area contributed by atoms with Crippen LogP contribution < -0.4 is 4.90 Å². The van der Waals surface area contributed by atoms with E-state index >= 15 is 0 Å². The SMILES string of the molecule is CN(c1ncnc2ccsc12)C(C)(C)CO. The lowest BCUT2D eigenvalue weighted by Gasteiger charge is -2.34. The summed E-state index contributed by atoms with van der Waals surface area (Å²) >= 11 is 1.62. The number of hydrogen-bond acceptors (Lipinski definition) is 5. The Balaban J connectivity index is 2.51. The van der Waals surface area contributed by atoms with Crippen LogP contribution in [0.5, 0.6) is 0 Å². The van der Waals surface area contributed by atoms with E-state index in [2.05, 4.69) is 9.97 Å². The lowest BCUT2D eigenvalue weighted by Crippen LogP contribution is -2.44. The van der Waals surface area contributed by atoms with Gasteiger partial charge in [-0.05, 0) is 25.3 Å². The van der Waals surface area contributed by atoms with Crippen molar-refractivity contribution in [3.05, 3.63) is 17.8 Å². The van der Waals surface area contributed by atoms with Gasteiger partial charge < -0.3 is 10.0 Å². The minimum absolute atomic E-state index is 0.0837. The molecule has 2 heterocycles. The number of likely N-dealkylation sites (N-methyl/N-ethyl adjacent to an activating group) is 1. The Bertz CT molecular complexity index is 495. The van der Waals surface area contributed by atoms with E-state index in [0.29, 0.717) is 0 Å². The molecule has 4 nitrogen and oxygen atoms in total. The van der Waals surface area contributed by atoms with Crippen molar-refractivity contribution in [2.24, 2.45) is 0 Å². The van der Waals surface area contributed by atoms with Crippen LogP contribution in [0.15, 0.2) is 17.8 Å². The van der Waals surface area contributed by atoms with Crippen LogP contribution in [0.2, 0.25) is 0 Å². The molecule has 0 aliphatic rings. The van der Waals surface area contributed by atoms with E-state index < -0.39 is 0 Å². The summed E-state index contributed by atoms with van der Waals surface area (Å²) < 4.78 is 1.06. The largest absolute Gasteiger partial charge is 0.394 e. The Labute approximate surface area is 98.6 Å². The first-order valence-electron chi connectivity index (χ1n) is 5.09. The van der Waals surface area contributed by atoms with Gasteiger partial charge in [0, 0.05) is 7.05 Å². The molecule has 0 aromatic carbocycles. The number of fused-ring (bicyclic) bond motifs is 1. The Kier molecular flexibility index (Phi) is 2.82. The third-order valence-corrected chi connectivity index (χ3v) is 3.74. The number of aliphatic hydroxyl groups is 1. The van der Waals surface area contributed by atoms with Crippen molar-refractivity contribution in [3.8, 4) is 0 Å². The molecule has 0 saturated carbocycles. The summed E-state index contributed by atoms with van der Waals surface area (Å²) in [5, 5.41) is 11.4. The third-order valence-electron chi connectivity index (χ3n) is 2.84. The number of aliphatic hydroxyl groups excluding tert-OH is 1. The Hall–Kier alpha value is -1.20. The van der Waals surface area contributed by atoms with Crippen molar-refractivity contribution in [2.75, 3.05) is 18.6 Å². The van der Waals surface area contributed by atoms with Gasteiger partial charge in [0.05, 0.1) is 22.4 Å². The van der Waals surface area contributed by atoms with Crippen molar-refractivity contribution < 1.29 is 5.11 Å². The summed E-state index contributed by atoms with van der Waals surface area (Å²) in [7, 11) is 1.94. The molecule has 2 aromatic heterocycles.